The van der Waals surface area contributed by atoms with E-state index in [1.54, 1.807) is 0 Å². The van der Waals surface area contributed by atoms with Gasteiger partial charge in [0.2, 0.25) is 0 Å². The predicted molar refractivity (Wildman–Crippen MR) is 67.3 cm³/mol. The molecule has 0 saturated carbocycles. The topological polar surface area (TPSA) is 40.1 Å². The van der Waals surface area contributed by atoms with Crippen LogP contribution in [0.25, 0.3) is 0 Å². The van der Waals surface area contributed by atoms with E-state index in [2.05, 4.69) is 0 Å². The molecule has 0 aliphatic rings. The zero-order valence-electron chi connectivity index (χ0n) is 14.7. The second kappa shape index (κ2) is 9.70. The second-order valence-corrected chi connectivity index (χ2v) is 6.78. The summed E-state index contributed by atoms with van der Waals surface area (Å²) in [5.74, 6) is -50.2. The Kier molecular flexibility index (Phi) is 10.2. The molecule has 0 aliphatic heterocycles. The van der Waals surface area contributed by atoms with Gasteiger partial charge in [0.15, 0.2) is 0 Å². The van der Waals surface area contributed by atoms with Crippen molar-refractivity contribution >= 4 is 17.7 Å². The number of hydrogen-bond donors (Lipinski definition) is 0. The summed E-state index contributed by atoms with van der Waals surface area (Å²) >= 11 is 0.0724. The van der Waals surface area contributed by atoms with Gasteiger partial charge in [0.25, 0.3) is 0 Å². The first-order chi connectivity index (χ1) is 12.9. The van der Waals surface area contributed by atoms with E-state index in [4.69, 9.17) is 0 Å². The summed E-state index contributed by atoms with van der Waals surface area (Å²) in [7, 11) is 0. The summed E-state index contributed by atoms with van der Waals surface area (Å²) in [5, 5.41) is 10.0. The van der Waals surface area contributed by atoms with E-state index in [1.165, 1.54) is 0 Å². The molecule has 0 bridgehead atoms. The van der Waals surface area contributed by atoms with Crippen molar-refractivity contribution < 1.29 is 94.6 Å². The van der Waals surface area contributed by atoms with Crippen LogP contribution in [0.4, 0.5) is 65.9 Å². The molecule has 0 unspecified atom stereocenters. The third kappa shape index (κ3) is 5.65. The number of hydrogen-bond acceptors (Lipinski definition) is 3. The zero-order valence-corrected chi connectivity index (χ0v) is 15.5. The normalized spacial score (nSPS) is 14.9. The maximum atomic E-state index is 13.4. The quantitative estimate of drug-likeness (QED) is 0.242. The number of alkyl halides is 15. The molecule has 0 aromatic heterocycles. The third-order valence-electron chi connectivity index (χ3n) is 3.40. The zero-order chi connectivity index (χ0) is 24.6. The molecule has 0 radical (unpaired) electrons. The van der Waals surface area contributed by atoms with Crippen LogP contribution in [0.2, 0.25) is 0 Å². The molecule has 0 aromatic rings. The third-order valence-corrected chi connectivity index (χ3v) is 4.39. The minimum atomic E-state index is -8.30. The molecule has 0 aliphatic carbocycles. The van der Waals surface area contributed by atoms with Crippen LogP contribution in [0, 0.1) is 0 Å². The van der Waals surface area contributed by atoms with Crippen molar-refractivity contribution in [2.45, 2.75) is 54.6 Å². The molecule has 0 spiro atoms. The van der Waals surface area contributed by atoms with Crippen molar-refractivity contribution in [2.24, 2.45) is 0 Å². The maximum absolute atomic E-state index is 13.4. The smallest absolute Gasteiger partial charge is 0.550 e. The Hall–Kier alpha value is -0.633. The van der Waals surface area contributed by atoms with E-state index in [9.17, 15) is 75.8 Å². The average Bonchev–Trinajstić information content (AvgIpc) is 2.51. The van der Waals surface area contributed by atoms with Crippen molar-refractivity contribution in [3.05, 3.63) is 0 Å². The van der Waals surface area contributed by atoms with Gasteiger partial charge in [0.1, 0.15) is 0 Å². The summed E-state index contributed by atoms with van der Waals surface area (Å²) in [4.78, 5) is 10.0. The van der Waals surface area contributed by atoms with Crippen molar-refractivity contribution in [3.63, 3.8) is 0 Å². The number of halogens is 15. The molecule has 31 heavy (non-hydrogen) atoms. The molecule has 19 heteroatoms. The Balaban J connectivity index is 0. The molecule has 0 aromatic carbocycles. The van der Waals surface area contributed by atoms with Gasteiger partial charge in [-0.15, -0.1) is 0 Å². The fraction of sp³-hybridized carbons (Fsp3) is 0.917. The Bertz CT molecular complexity index is 620. The molecule has 180 valence electrons. The first kappa shape index (κ1) is 32.5. The number of carboxylic acids is 1. The molecule has 0 saturated heterocycles. The molecule has 2 nitrogen and oxygen atoms in total. The van der Waals surface area contributed by atoms with Crippen LogP contribution >= 0.6 is 11.8 Å². The van der Waals surface area contributed by atoms with Crippen molar-refractivity contribution in [1.82, 2.24) is 0 Å². The Morgan fingerprint density at radius 3 is 1.32 bits per heavy atom. The fourth-order valence-electron chi connectivity index (χ4n) is 1.61. The summed E-state index contributed by atoms with van der Waals surface area (Å²) < 4.78 is 193. The van der Waals surface area contributed by atoms with E-state index < -0.39 is 72.0 Å². The molecule has 0 amide bonds. The molecular formula is C12H8F15LiO2S. The Morgan fingerprint density at radius 1 is 0.613 bits per heavy atom. The largest absolute Gasteiger partial charge is 1.00 e. The number of rotatable bonds is 11. The first-order valence-corrected chi connectivity index (χ1v) is 8.18. The molecule has 0 heterocycles. The SMILES string of the molecule is O=C([O-])CCSCCC(F)(F)C(F)(F)C(F)(F)C(F)(F)C(F)(F)C(F)(F)C(F)(F)F.[Li+]. The molecule has 0 N–H and O–H groups in total. The molecule has 0 fully saturated rings. The van der Waals surface area contributed by atoms with Gasteiger partial charge < -0.3 is 9.90 Å². The predicted octanol–water partition coefficient (Wildman–Crippen LogP) is 1.63. The van der Waals surface area contributed by atoms with Gasteiger partial charge >= 0.3 is 60.6 Å². The standard InChI is InChI=1S/C12H9F15O2S.Li/c13-6(14,2-4-30-3-1-5(28)29)7(15,16)8(17,18)9(19,20)10(21,22)11(23,24)12(25,26)27;/h1-4H2,(H,28,29);/q;+1/p-1. The first-order valence-electron chi connectivity index (χ1n) is 7.03. The Morgan fingerprint density at radius 2 is 0.968 bits per heavy atom. The van der Waals surface area contributed by atoms with Gasteiger partial charge in [-0.1, -0.05) is 0 Å². The fourth-order valence-corrected chi connectivity index (χ4v) is 2.53. The summed E-state index contributed by atoms with van der Waals surface area (Å²) in [5.41, 5.74) is 0. The van der Waals surface area contributed by atoms with Crippen LogP contribution < -0.4 is 24.0 Å². The molecule has 0 rings (SSSR count). The van der Waals surface area contributed by atoms with Crippen LogP contribution in [-0.2, 0) is 4.79 Å². The van der Waals surface area contributed by atoms with Crippen LogP contribution in [0.1, 0.15) is 12.8 Å². The number of carbonyl (C=O) groups excluding carboxylic acids is 1. The number of thioether (sulfide) groups is 1. The van der Waals surface area contributed by atoms with Gasteiger partial charge in [-0.25, -0.2) is 0 Å². The van der Waals surface area contributed by atoms with Crippen molar-refractivity contribution in [3.8, 4) is 0 Å². The van der Waals surface area contributed by atoms with Crippen LogP contribution in [0.5, 0.6) is 0 Å². The van der Waals surface area contributed by atoms with E-state index in [0.29, 0.717) is 0 Å². The maximum Gasteiger partial charge on any atom is 1.00 e. The average molecular weight is 508 g/mol. The van der Waals surface area contributed by atoms with Crippen molar-refractivity contribution in [1.29, 1.82) is 0 Å². The Labute approximate surface area is 179 Å². The summed E-state index contributed by atoms with van der Waals surface area (Å²) in [6.45, 7) is 0. The molecule has 0 atom stereocenters. The van der Waals surface area contributed by atoms with Gasteiger partial charge in [-0.05, 0) is 17.9 Å². The number of aliphatic carboxylic acids is 1. The van der Waals surface area contributed by atoms with E-state index in [1.807, 2.05) is 0 Å². The van der Waals surface area contributed by atoms with Crippen LogP contribution in [0.15, 0.2) is 0 Å². The van der Waals surface area contributed by atoms with Crippen molar-refractivity contribution in [2.75, 3.05) is 11.5 Å². The van der Waals surface area contributed by atoms with E-state index in [0.717, 1.165) is 0 Å². The second-order valence-electron chi connectivity index (χ2n) is 5.56. The minimum Gasteiger partial charge on any atom is -0.550 e. The van der Waals surface area contributed by atoms with Gasteiger partial charge in [0.05, 0.1) is 0 Å². The van der Waals surface area contributed by atoms with Gasteiger partial charge in [0, 0.05) is 12.4 Å². The summed E-state index contributed by atoms with van der Waals surface area (Å²) in [6, 6.07) is 0. The monoisotopic (exact) mass is 508 g/mol. The van der Waals surface area contributed by atoms with Crippen LogP contribution in [0.3, 0.4) is 0 Å². The minimum absolute atomic E-state index is 0. The van der Waals surface area contributed by atoms with Crippen LogP contribution in [-0.4, -0.2) is 59.2 Å². The van der Waals surface area contributed by atoms with E-state index >= 15 is 0 Å². The van der Waals surface area contributed by atoms with Gasteiger partial charge in [-0.2, -0.15) is 77.6 Å². The number of carbonyl (C=O) groups is 1. The molecular weight excluding hydrogens is 500 g/mol. The van der Waals surface area contributed by atoms with Gasteiger partial charge in [-0.3, -0.25) is 0 Å². The van der Waals surface area contributed by atoms with E-state index in [-0.39, 0.29) is 30.6 Å². The number of carboxylic acid groups (broad SMARTS) is 1. The summed E-state index contributed by atoms with van der Waals surface area (Å²) in [6.07, 6.45) is -11.0.